The van der Waals surface area contributed by atoms with Crippen LogP contribution in [0.2, 0.25) is 50.4 Å². The molecule has 6 aliphatic heterocycles. The van der Waals surface area contributed by atoms with Crippen molar-refractivity contribution in [3.05, 3.63) is 158 Å². The summed E-state index contributed by atoms with van der Waals surface area (Å²) in [6.45, 7) is 10.7. The molecular formula is C58H54N2Si4. The van der Waals surface area contributed by atoms with Gasteiger partial charge >= 0.3 is 0 Å². The highest BCUT2D eigenvalue weighted by Crippen LogP contribution is 2.48. The van der Waals surface area contributed by atoms with Crippen molar-refractivity contribution in [1.29, 1.82) is 0 Å². The molecule has 6 heteroatoms. The Morgan fingerprint density at radius 1 is 0.344 bits per heavy atom. The lowest BCUT2D eigenvalue weighted by atomic mass is 9.92. The molecule has 0 amide bonds. The van der Waals surface area contributed by atoms with E-state index >= 15 is 0 Å². The summed E-state index contributed by atoms with van der Waals surface area (Å²) in [5.74, 6) is 0. The Morgan fingerprint density at radius 2 is 0.656 bits per heavy atom. The third-order valence-corrected chi connectivity index (χ3v) is 35.3. The fraction of sp³-hybridized carbons (Fsp3) is 0.207. The van der Waals surface area contributed by atoms with Crippen LogP contribution in [0.15, 0.2) is 158 Å². The van der Waals surface area contributed by atoms with E-state index in [1.165, 1.54) is 117 Å². The van der Waals surface area contributed by atoms with Crippen molar-refractivity contribution in [2.45, 2.75) is 76.0 Å². The number of anilines is 6. The van der Waals surface area contributed by atoms with Crippen molar-refractivity contribution < 1.29 is 0 Å². The first-order valence-corrected chi connectivity index (χ1v) is 34.9. The lowest BCUT2D eigenvalue weighted by Crippen LogP contribution is -2.63. The zero-order valence-corrected chi connectivity index (χ0v) is 41.6. The second-order valence-corrected chi connectivity index (χ2v) is 38.1. The molecule has 0 unspecified atom stereocenters. The van der Waals surface area contributed by atoms with E-state index in [9.17, 15) is 0 Å². The summed E-state index contributed by atoms with van der Waals surface area (Å²) in [7, 11) is -8.11. The van der Waals surface area contributed by atoms with Crippen molar-refractivity contribution in [1.82, 2.24) is 0 Å². The van der Waals surface area contributed by atoms with Crippen LogP contribution in [0, 0.1) is 0 Å². The average molecular weight is 891 g/mol. The minimum atomic E-state index is -2.24. The molecule has 0 saturated carbocycles. The zero-order chi connectivity index (χ0) is 42.7. The Labute approximate surface area is 382 Å². The second kappa shape index (κ2) is 13.1. The summed E-state index contributed by atoms with van der Waals surface area (Å²) in [6.07, 6.45) is 5.43. The largest absolute Gasteiger partial charge is 0.311 e. The first-order chi connectivity index (χ1) is 31.2. The van der Waals surface area contributed by atoms with E-state index in [-0.39, 0.29) is 0 Å². The van der Waals surface area contributed by atoms with Crippen molar-refractivity contribution in [3.8, 4) is 22.3 Å². The summed E-state index contributed by atoms with van der Waals surface area (Å²) >= 11 is 0. The number of rotatable bonds is 2. The van der Waals surface area contributed by atoms with Gasteiger partial charge in [0.2, 0.25) is 0 Å². The molecule has 0 bridgehead atoms. The molecule has 0 radical (unpaired) electrons. The van der Waals surface area contributed by atoms with Gasteiger partial charge in [0, 0.05) is 34.1 Å². The van der Waals surface area contributed by atoms with E-state index in [1.807, 2.05) is 0 Å². The van der Waals surface area contributed by atoms with E-state index in [4.69, 9.17) is 0 Å². The molecule has 0 N–H and O–H groups in total. The normalized spacial score (nSPS) is 19.2. The second-order valence-electron chi connectivity index (χ2n) is 21.1. The summed E-state index contributed by atoms with van der Waals surface area (Å²) in [5.41, 5.74) is 14.4. The zero-order valence-electron chi connectivity index (χ0n) is 37.6. The van der Waals surface area contributed by atoms with Gasteiger partial charge in [-0.05, 0) is 147 Å². The summed E-state index contributed by atoms with van der Waals surface area (Å²) in [5, 5.41) is 16.1. The van der Waals surface area contributed by atoms with Gasteiger partial charge in [-0.25, -0.2) is 0 Å². The standard InChI is InChI=1S/C58H54N2Si4/c1-61(2)53-37-39(59-45-21-7-11-25-49(45)63(33-15-16-34-63)50-26-12-8-22-46(50)59)29-31-43(53)55-41-19-5-6-20-42(41)56-44-32-30-40(38-54(44)62(3,4)58(56)57(55)61)60-47-23-9-13-27-51(47)64(35-17-18-36-64)52-28-14-10-24-48(52)60/h5-14,19-32,37-38H,15-18,33-36H2,1-4H3. The fourth-order valence-electron chi connectivity index (χ4n) is 14.8. The Balaban J connectivity index is 0.946. The smallest absolute Gasteiger partial charge is 0.123 e. The van der Waals surface area contributed by atoms with Crippen molar-refractivity contribution in [3.63, 3.8) is 0 Å². The SMILES string of the molecule is C[Si]1(C)c2cc(N3c4ccccc4[Si]4(CCCC4)c4ccccc43)ccc2-c2c1c1c(c3ccccc23)-c2ccc(N3c4ccccc4[Si]4(CCCC4)c4ccccc43)cc2[Si]1(C)C. The molecule has 0 aliphatic carbocycles. The van der Waals surface area contributed by atoms with Crippen LogP contribution >= 0.6 is 0 Å². The van der Waals surface area contributed by atoms with E-state index in [1.54, 1.807) is 41.5 Å². The van der Waals surface area contributed by atoms with Crippen LogP contribution in [-0.4, -0.2) is 32.3 Å². The molecule has 6 aliphatic rings. The Bertz CT molecular complexity index is 3020. The first kappa shape index (κ1) is 37.8. The van der Waals surface area contributed by atoms with E-state index in [0.29, 0.717) is 0 Å². The predicted molar refractivity (Wildman–Crippen MR) is 285 cm³/mol. The van der Waals surface area contributed by atoms with Gasteiger partial charge in [0.1, 0.15) is 32.3 Å². The van der Waals surface area contributed by atoms with Gasteiger partial charge in [-0.15, -0.1) is 0 Å². The Hall–Kier alpha value is -5.51. The average Bonchev–Trinajstić information content (AvgIpc) is 4.12. The first-order valence-electron chi connectivity index (χ1n) is 24.1. The van der Waals surface area contributed by atoms with Crippen molar-refractivity contribution in [2.75, 3.05) is 9.80 Å². The quantitative estimate of drug-likeness (QED) is 0.160. The third-order valence-electron chi connectivity index (χ3n) is 17.4. The highest BCUT2D eigenvalue weighted by Gasteiger charge is 2.52. The predicted octanol–water partition coefficient (Wildman–Crippen LogP) is 10.7. The molecule has 64 heavy (non-hydrogen) atoms. The molecule has 0 aromatic heterocycles. The maximum absolute atomic E-state index is 2.68. The number of nitrogens with zero attached hydrogens (tertiary/aromatic N) is 2. The van der Waals surface area contributed by atoms with Crippen molar-refractivity contribution >= 4 is 119 Å². The molecule has 8 aromatic rings. The topological polar surface area (TPSA) is 6.48 Å². The van der Waals surface area contributed by atoms with Gasteiger partial charge < -0.3 is 9.80 Å². The summed E-state index contributed by atoms with van der Waals surface area (Å²) in [4.78, 5) is 5.31. The highest BCUT2D eigenvalue weighted by atomic mass is 28.3. The molecule has 2 fully saturated rings. The molecule has 2 nitrogen and oxygen atoms in total. The molecule has 0 atom stereocenters. The van der Waals surface area contributed by atoms with Gasteiger partial charge in [-0.1, -0.05) is 161 Å². The molecule has 2 spiro atoms. The lowest BCUT2D eigenvalue weighted by Gasteiger charge is -2.43. The molecule has 312 valence electrons. The number of hydrogen-bond acceptors (Lipinski definition) is 2. The van der Waals surface area contributed by atoms with Crippen LogP contribution < -0.4 is 51.3 Å². The van der Waals surface area contributed by atoms with Crippen LogP contribution in [0.25, 0.3) is 33.0 Å². The minimum Gasteiger partial charge on any atom is -0.311 e. The molecule has 2 saturated heterocycles. The number of benzene rings is 8. The number of fused-ring (bicyclic) bond motifs is 18. The maximum atomic E-state index is 2.68. The van der Waals surface area contributed by atoms with Crippen LogP contribution in [0.1, 0.15) is 25.7 Å². The fourth-order valence-corrected chi connectivity index (χ4v) is 34.3. The minimum absolute atomic E-state index is 1.32. The van der Waals surface area contributed by atoms with Crippen LogP contribution in [0.3, 0.4) is 0 Å². The molecule has 6 heterocycles. The van der Waals surface area contributed by atoms with Crippen LogP contribution in [0.5, 0.6) is 0 Å². The molecule has 8 aromatic carbocycles. The van der Waals surface area contributed by atoms with Gasteiger partial charge in [-0.2, -0.15) is 0 Å². The van der Waals surface area contributed by atoms with Gasteiger partial charge in [-0.3, -0.25) is 0 Å². The highest BCUT2D eigenvalue weighted by molar-refractivity contribution is 7.13. The number of para-hydroxylation sites is 4. The van der Waals surface area contributed by atoms with Crippen molar-refractivity contribution in [2.24, 2.45) is 0 Å². The van der Waals surface area contributed by atoms with E-state index < -0.39 is 32.3 Å². The van der Waals surface area contributed by atoms with Crippen LogP contribution in [0.4, 0.5) is 34.1 Å². The summed E-state index contributed by atoms with van der Waals surface area (Å²) < 4.78 is 0. The van der Waals surface area contributed by atoms with Crippen LogP contribution in [-0.2, 0) is 0 Å². The summed E-state index contributed by atoms with van der Waals surface area (Å²) in [6, 6.07) is 68.3. The monoisotopic (exact) mass is 890 g/mol. The number of hydrogen-bond donors (Lipinski definition) is 0. The Morgan fingerprint density at radius 3 is 1.00 bits per heavy atom. The maximum Gasteiger partial charge on any atom is 0.123 e. The third kappa shape index (κ3) is 4.65. The molecule has 14 rings (SSSR count). The van der Waals surface area contributed by atoms with E-state index in [2.05, 4.69) is 194 Å². The lowest BCUT2D eigenvalue weighted by molar-refractivity contribution is 0.935. The Kier molecular flexibility index (Phi) is 7.72. The van der Waals surface area contributed by atoms with Gasteiger partial charge in [0.15, 0.2) is 0 Å². The van der Waals surface area contributed by atoms with Gasteiger partial charge in [0.05, 0.1) is 0 Å². The molecular weight excluding hydrogens is 837 g/mol. The van der Waals surface area contributed by atoms with E-state index in [0.717, 1.165) is 0 Å². The van der Waals surface area contributed by atoms with Gasteiger partial charge in [0.25, 0.3) is 0 Å².